The molecule has 0 saturated carbocycles. The summed E-state index contributed by atoms with van der Waals surface area (Å²) < 4.78 is 5.44. The molecule has 1 aliphatic carbocycles. The molecule has 1 aromatic heterocycles. The molecule has 0 radical (unpaired) electrons. The van der Waals surface area contributed by atoms with E-state index in [1.807, 2.05) is 48.5 Å². The summed E-state index contributed by atoms with van der Waals surface area (Å²) in [4.78, 5) is 40.5. The van der Waals surface area contributed by atoms with Crippen molar-refractivity contribution in [3.8, 4) is 11.1 Å². The van der Waals surface area contributed by atoms with Crippen LogP contribution in [0.25, 0.3) is 11.1 Å². The highest BCUT2D eigenvalue weighted by Gasteiger charge is 2.30. The van der Waals surface area contributed by atoms with E-state index in [1.54, 1.807) is 6.92 Å². The Kier molecular flexibility index (Phi) is 6.79. The van der Waals surface area contributed by atoms with Crippen LogP contribution in [0.15, 0.2) is 60.9 Å². The second-order valence-electron chi connectivity index (χ2n) is 7.90. The van der Waals surface area contributed by atoms with Gasteiger partial charge in [0.05, 0.1) is 23.3 Å². The van der Waals surface area contributed by atoms with Crippen LogP contribution in [0.2, 0.25) is 5.02 Å². The molecule has 1 aliphatic rings. The Morgan fingerprint density at radius 3 is 2.29 bits per heavy atom. The van der Waals surface area contributed by atoms with Gasteiger partial charge in [-0.15, -0.1) is 0 Å². The zero-order valence-corrected chi connectivity index (χ0v) is 19.0. The molecule has 34 heavy (non-hydrogen) atoms. The van der Waals surface area contributed by atoms with Crippen molar-refractivity contribution in [2.45, 2.75) is 25.3 Å². The molecule has 1 heterocycles. The summed E-state index contributed by atoms with van der Waals surface area (Å²) in [6.07, 6.45) is 1.31. The summed E-state index contributed by atoms with van der Waals surface area (Å²) >= 11 is 6.02. The van der Waals surface area contributed by atoms with Gasteiger partial charge in [-0.1, -0.05) is 60.1 Å². The largest absolute Gasteiger partial charge is 0.481 e. The maximum absolute atomic E-state index is 12.7. The van der Waals surface area contributed by atoms with Gasteiger partial charge in [-0.05, 0) is 34.7 Å². The van der Waals surface area contributed by atoms with E-state index >= 15 is 0 Å². The monoisotopic (exact) mass is 479 g/mol. The molecule has 9 heteroatoms. The third-order valence-corrected chi connectivity index (χ3v) is 6.12. The Morgan fingerprint density at radius 2 is 1.68 bits per heavy atom. The Hall–Kier alpha value is -3.91. The van der Waals surface area contributed by atoms with E-state index in [1.165, 1.54) is 12.4 Å². The lowest BCUT2D eigenvalue weighted by Gasteiger charge is -2.19. The van der Waals surface area contributed by atoms with Crippen LogP contribution >= 0.6 is 11.6 Å². The smallest absolute Gasteiger partial charge is 0.407 e. The number of carboxylic acids is 1. The molecule has 4 rings (SSSR count). The second kappa shape index (κ2) is 9.93. The fourth-order valence-electron chi connectivity index (χ4n) is 4.01. The number of aliphatic carboxylic acids is 1. The number of anilines is 1. The SMILES string of the molecule is Cc1c(Cl)cncc1NC(=O)C(CC(=O)O)NC(=O)OCC1c2ccccc2-c2ccccc21. The number of nitrogens with one attached hydrogen (secondary N) is 2. The number of alkyl carbamates (subject to hydrolysis) is 1. The third kappa shape index (κ3) is 4.87. The molecule has 0 fully saturated rings. The molecule has 2 amide bonds. The van der Waals surface area contributed by atoms with Crippen LogP contribution in [0.3, 0.4) is 0 Å². The van der Waals surface area contributed by atoms with Gasteiger partial charge >= 0.3 is 12.1 Å². The van der Waals surface area contributed by atoms with E-state index in [9.17, 15) is 19.5 Å². The van der Waals surface area contributed by atoms with Crippen molar-refractivity contribution in [2.75, 3.05) is 11.9 Å². The van der Waals surface area contributed by atoms with Crippen molar-refractivity contribution in [3.63, 3.8) is 0 Å². The molecule has 0 aliphatic heterocycles. The summed E-state index contributed by atoms with van der Waals surface area (Å²) in [5, 5.41) is 14.5. The molecule has 174 valence electrons. The van der Waals surface area contributed by atoms with Crippen LogP contribution in [-0.2, 0) is 14.3 Å². The molecule has 1 atom stereocenters. The normalized spacial score (nSPS) is 12.9. The Bertz CT molecular complexity index is 1220. The first-order valence-corrected chi connectivity index (χ1v) is 11.0. The number of amides is 2. The predicted octanol–water partition coefficient (Wildman–Crippen LogP) is 4.36. The molecular weight excluding hydrogens is 458 g/mol. The first kappa shape index (κ1) is 23.3. The number of ether oxygens (including phenoxy) is 1. The maximum atomic E-state index is 12.7. The van der Waals surface area contributed by atoms with E-state index in [2.05, 4.69) is 15.6 Å². The fraction of sp³-hybridized carbons (Fsp3) is 0.200. The minimum Gasteiger partial charge on any atom is -0.481 e. The first-order chi connectivity index (χ1) is 16.3. The number of pyridine rings is 1. The zero-order chi connectivity index (χ0) is 24.2. The van der Waals surface area contributed by atoms with Gasteiger partial charge in [-0.2, -0.15) is 0 Å². The van der Waals surface area contributed by atoms with Crippen LogP contribution in [0, 0.1) is 6.92 Å². The molecule has 0 bridgehead atoms. The van der Waals surface area contributed by atoms with Gasteiger partial charge in [0.25, 0.3) is 0 Å². The van der Waals surface area contributed by atoms with Crippen LogP contribution in [0.1, 0.15) is 29.0 Å². The maximum Gasteiger partial charge on any atom is 0.407 e. The highest BCUT2D eigenvalue weighted by molar-refractivity contribution is 6.31. The van der Waals surface area contributed by atoms with Crippen molar-refractivity contribution in [2.24, 2.45) is 0 Å². The van der Waals surface area contributed by atoms with Gasteiger partial charge in [-0.25, -0.2) is 4.79 Å². The van der Waals surface area contributed by atoms with Crippen LogP contribution in [-0.4, -0.2) is 40.7 Å². The summed E-state index contributed by atoms with van der Waals surface area (Å²) in [7, 11) is 0. The van der Waals surface area contributed by atoms with E-state index in [-0.39, 0.29) is 12.5 Å². The Labute approximate surface area is 200 Å². The molecule has 0 spiro atoms. The van der Waals surface area contributed by atoms with Crippen molar-refractivity contribution in [1.29, 1.82) is 0 Å². The second-order valence-corrected chi connectivity index (χ2v) is 8.31. The zero-order valence-electron chi connectivity index (χ0n) is 18.2. The van der Waals surface area contributed by atoms with Crippen molar-refractivity contribution < 1.29 is 24.2 Å². The number of nitrogens with zero attached hydrogens (tertiary/aromatic N) is 1. The van der Waals surface area contributed by atoms with Gasteiger partial charge in [0.2, 0.25) is 5.91 Å². The lowest BCUT2D eigenvalue weighted by Crippen LogP contribution is -2.45. The van der Waals surface area contributed by atoms with Crippen LogP contribution < -0.4 is 10.6 Å². The number of carbonyl (C=O) groups excluding carboxylic acids is 2. The number of aromatic nitrogens is 1. The highest BCUT2D eigenvalue weighted by Crippen LogP contribution is 2.44. The molecule has 0 saturated heterocycles. The van der Waals surface area contributed by atoms with E-state index < -0.39 is 30.4 Å². The molecule has 1 unspecified atom stereocenters. The quantitative estimate of drug-likeness (QED) is 0.463. The number of hydrogen-bond donors (Lipinski definition) is 3. The lowest BCUT2D eigenvalue weighted by atomic mass is 9.98. The van der Waals surface area contributed by atoms with Gasteiger partial charge in [0, 0.05) is 12.1 Å². The number of hydrogen-bond acceptors (Lipinski definition) is 5. The van der Waals surface area contributed by atoms with E-state index in [0.717, 1.165) is 22.3 Å². The number of carboxylic acid groups (broad SMARTS) is 1. The number of halogens is 1. The molecule has 3 aromatic rings. The van der Waals surface area contributed by atoms with Crippen LogP contribution in [0.4, 0.5) is 10.5 Å². The van der Waals surface area contributed by atoms with Crippen molar-refractivity contribution in [3.05, 3.63) is 82.6 Å². The lowest BCUT2D eigenvalue weighted by molar-refractivity contribution is -0.139. The van der Waals surface area contributed by atoms with E-state index in [4.69, 9.17) is 16.3 Å². The van der Waals surface area contributed by atoms with Crippen molar-refractivity contribution >= 4 is 35.3 Å². The predicted molar refractivity (Wildman–Crippen MR) is 127 cm³/mol. The van der Waals surface area contributed by atoms with Gasteiger partial charge in [-0.3, -0.25) is 14.6 Å². The van der Waals surface area contributed by atoms with Crippen molar-refractivity contribution in [1.82, 2.24) is 10.3 Å². The molecular formula is C25H22ClN3O5. The fourth-order valence-corrected chi connectivity index (χ4v) is 4.17. The Morgan fingerprint density at radius 1 is 1.06 bits per heavy atom. The summed E-state index contributed by atoms with van der Waals surface area (Å²) in [6.45, 7) is 1.73. The summed E-state index contributed by atoms with van der Waals surface area (Å²) in [6, 6.07) is 14.4. The van der Waals surface area contributed by atoms with Gasteiger partial charge < -0.3 is 20.5 Å². The average Bonchev–Trinajstić information content (AvgIpc) is 3.14. The standard InChI is InChI=1S/C25H22ClN3O5/c1-14-20(26)11-27-12-22(14)28-24(32)21(10-23(30)31)29-25(33)34-13-19-17-8-4-2-6-15(17)16-7-3-5-9-18(16)19/h2-9,11-12,19,21H,10,13H2,1H3,(H,28,32)(H,29,33)(H,30,31). The first-order valence-electron chi connectivity index (χ1n) is 10.6. The topological polar surface area (TPSA) is 118 Å². The molecule has 3 N–H and O–H groups in total. The summed E-state index contributed by atoms with van der Waals surface area (Å²) in [5.74, 6) is -2.13. The number of benzene rings is 2. The number of carbonyl (C=O) groups is 3. The average molecular weight is 480 g/mol. The number of fused-ring (bicyclic) bond motifs is 3. The summed E-state index contributed by atoms with van der Waals surface area (Å²) in [5.41, 5.74) is 5.14. The van der Waals surface area contributed by atoms with Gasteiger partial charge in [0.1, 0.15) is 12.6 Å². The highest BCUT2D eigenvalue weighted by atomic mass is 35.5. The molecule has 8 nitrogen and oxygen atoms in total. The van der Waals surface area contributed by atoms with E-state index in [0.29, 0.717) is 16.3 Å². The third-order valence-electron chi connectivity index (χ3n) is 5.74. The minimum atomic E-state index is -1.36. The Balaban J connectivity index is 1.44. The number of rotatable bonds is 7. The van der Waals surface area contributed by atoms with Crippen LogP contribution in [0.5, 0.6) is 0 Å². The van der Waals surface area contributed by atoms with Gasteiger partial charge in [0.15, 0.2) is 0 Å². The minimum absolute atomic E-state index is 0.0403. The molecule has 2 aromatic carbocycles.